The maximum absolute atomic E-state index is 6.06. The van der Waals surface area contributed by atoms with E-state index in [1.54, 1.807) is 12.4 Å². The van der Waals surface area contributed by atoms with Gasteiger partial charge in [-0.05, 0) is 36.6 Å². The van der Waals surface area contributed by atoms with E-state index in [0.717, 1.165) is 28.0 Å². The number of aromatic nitrogens is 1. The summed E-state index contributed by atoms with van der Waals surface area (Å²) in [5.74, 6) is 0.894. The van der Waals surface area contributed by atoms with Crippen LogP contribution in [-0.4, -0.2) is 4.98 Å². The maximum Gasteiger partial charge on any atom is 0.125 e. The van der Waals surface area contributed by atoms with E-state index in [9.17, 15) is 0 Å². The van der Waals surface area contributed by atoms with E-state index in [2.05, 4.69) is 17.1 Å². The highest BCUT2D eigenvalue weighted by Gasteiger charge is 2.07. The van der Waals surface area contributed by atoms with E-state index in [4.69, 9.17) is 22.1 Å². The first kappa shape index (κ1) is 13.8. The molecule has 2 rings (SSSR count). The van der Waals surface area contributed by atoms with Crippen LogP contribution in [0.2, 0.25) is 5.02 Å². The number of ether oxygens (including phenoxy) is 1. The Labute approximate surface area is 118 Å². The molecular formula is C15H17ClN2O. The molecule has 4 heteroatoms. The maximum atomic E-state index is 6.06. The predicted molar refractivity (Wildman–Crippen MR) is 77.4 cm³/mol. The summed E-state index contributed by atoms with van der Waals surface area (Å²) in [6.45, 7) is 5.02. The molecule has 0 fully saturated rings. The van der Waals surface area contributed by atoms with Crippen LogP contribution >= 0.6 is 11.6 Å². The molecule has 2 aromatic rings. The molecule has 0 aliphatic carbocycles. The van der Waals surface area contributed by atoms with Crippen LogP contribution in [0.15, 0.2) is 30.6 Å². The number of benzene rings is 1. The van der Waals surface area contributed by atoms with Crippen LogP contribution in [0.5, 0.6) is 5.75 Å². The number of hydrogen-bond acceptors (Lipinski definition) is 3. The molecule has 0 radical (unpaired) electrons. The smallest absolute Gasteiger partial charge is 0.125 e. The molecule has 0 amide bonds. The van der Waals surface area contributed by atoms with Gasteiger partial charge < -0.3 is 10.5 Å². The lowest BCUT2D eigenvalue weighted by atomic mass is 10.1. The third kappa shape index (κ3) is 3.25. The minimum atomic E-state index is 0.436. The molecule has 0 aliphatic heterocycles. The third-order valence-electron chi connectivity index (χ3n) is 2.98. The zero-order valence-electron chi connectivity index (χ0n) is 11.1. The van der Waals surface area contributed by atoms with Gasteiger partial charge in [0.1, 0.15) is 12.4 Å². The Morgan fingerprint density at radius 3 is 2.53 bits per heavy atom. The molecule has 2 N–H and O–H groups in total. The average molecular weight is 277 g/mol. The van der Waals surface area contributed by atoms with Crippen molar-refractivity contribution in [3.63, 3.8) is 0 Å². The van der Waals surface area contributed by atoms with Gasteiger partial charge in [0.15, 0.2) is 0 Å². The number of rotatable bonds is 4. The molecule has 1 heterocycles. The fraction of sp³-hybridized carbons (Fsp3) is 0.267. The van der Waals surface area contributed by atoms with E-state index in [0.29, 0.717) is 18.2 Å². The van der Waals surface area contributed by atoms with E-state index < -0.39 is 0 Å². The Bertz CT molecular complexity index is 561. The van der Waals surface area contributed by atoms with E-state index in [1.165, 1.54) is 0 Å². The summed E-state index contributed by atoms with van der Waals surface area (Å²) in [6.07, 6.45) is 3.33. The van der Waals surface area contributed by atoms with Crippen molar-refractivity contribution in [3.05, 3.63) is 57.9 Å². The van der Waals surface area contributed by atoms with Gasteiger partial charge in [0.2, 0.25) is 0 Å². The average Bonchev–Trinajstić information content (AvgIpc) is 2.39. The van der Waals surface area contributed by atoms with Crippen molar-refractivity contribution in [2.75, 3.05) is 0 Å². The van der Waals surface area contributed by atoms with Gasteiger partial charge in [-0.2, -0.15) is 0 Å². The van der Waals surface area contributed by atoms with Crippen LogP contribution in [0.3, 0.4) is 0 Å². The van der Waals surface area contributed by atoms with Crippen LogP contribution in [0.4, 0.5) is 0 Å². The molecular weight excluding hydrogens is 260 g/mol. The van der Waals surface area contributed by atoms with Gasteiger partial charge in [-0.25, -0.2) is 0 Å². The molecule has 0 atom stereocenters. The highest BCUT2D eigenvalue weighted by Crippen LogP contribution is 2.26. The Balaban J connectivity index is 2.18. The van der Waals surface area contributed by atoms with Gasteiger partial charge in [0.05, 0.1) is 5.02 Å². The van der Waals surface area contributed by atoms with Gasteiger partial charge in [0, 0.05) is 24.5 Å². The van der Waals surface area contributed by atoms with E-state index in [-0.39, 0.29) is 0 Å². The second-order valence-corrected chi connectivity index (χ2v) is 4.93. The summed E-state index contributed by atoms with van der Waals surface area (Å²) in [7, 11) is 0. The summed E-state index contributed by atoms with van der Waals surface area (Å²) in [5.41, 5.74) is 9.88. The molecule has 1 aromatic heterocycles. The van der Waals surface area contributed by atoms with Gasteiger partial charge in [-0.15, -0.1) is 0 Å². The number of halogens is 1. The third-order valence-corrected chi connectivity index (χ3v) is 3.32. The first-order valence-electron chi connectivity index (χ1n) is 6.13. The fourth-order valence-corrected chi connectivity index (χ4v) is 2.23. The molecule has 0 unspecified atom stereocenters. The van der Waals surface area contributed by atoms with Crippen LogP contribution in [0, 0.1) is 13.8 Å². The van der Waals surface area contributed by atoms with Crippen molar-refractivity contribution in [2.45, 2.75) is 27.0 Å². The second-order valence-electron chi connectivity index (χ2n) is 4.52. The number of hydrogen-bond donors (Lipinski definition) is 1. The molecule has 100 valence electrons. The fourth-order valence-electron chi connectivity index (χ4n) is 2.06. The number of aryl methyl sites for hydroxylation is 2. The summed E-state index contributed by atoms with van der Waals surface area (Å²) >= 11 is 6.06. The van der Waals surface area contributed by atoms with Crippen molar-refractivity contribution in [1.29, 1.82) is 0 Å². The van der Waals surface area contributed by atoms with E-state index >= 15 is 0 Å². The summed E-state index contributed by atoms with van der Waals surface area (Å²) in [6, 6.07) is 5.97. The quantitative estimate of drug-likeness (QED) is 0.931. The lowest BCUT2D eigenvalue weighted by Gasteiger charge is -2.14. The van der Waals surface area contributed by atoms with Crippen LogP contribution in [0.25, 0.3) is 0 Å². The molecule has 0 spiro atoms. The lowest BCUT2D eigenvalue weighted by molar-refractivity contribution is 0.302. The van der Waals surface area contributed by atoms with Crippen LogP contribution < -0.4 is 10.5 Å². The zero-order chi connectivity index (χ0) is 13.8. The Morgan fingerprint density at radius 1 is 1.26 bits per heavy atom. The molecule has 3 nitrogen and oxygen atoms in total. The zero-order valence-corrected chi connectivity index (χ0v) is 11.9. The van der Waals surface area contributed by atoms with Gasteiger partial charge in [-0.1, -0.05) is 23.7 Å². The summed E-state index contributed by atoms with van der Waals surface area (Å²) in [4.78, 5) is 3.96. The van der Waals surface area contributed by atoms with Crippen molar-refractivity contribution in [3.8, 4) is 5.75 Å². The second kappa shape index (κ2) is 6.04. The van der Waals surface area contributed by atoms with Crippen LogP contribution in [-0.2, 0) is 13.2 Å². The molecule has 0 aliphatic rings. The lowest BCUT2D eigenvalue weighted by Crippen LogP contribution is -2.03. The van der Waals surface area contributed by atoms with E-state index in [1.807, 2.05) is 19.9 Å². The number of nitrogens with two attached hydrogens (primary N) is 1. The predicted octanol–water partition coefficient (Wildman–Crippen LogP) is 3.39. The van der Waals surface area contributed by atoms with Crippen molar-refractivity contribution >= 4 is 11.6 Å². The molecule has 1 aromatic carbocycles. The van der Waals surface area contributed by atoms with Gasteiger partial charge >= 0.3 is 0 Å². The topological polar surface area (TPSA) is 48.1 Å². The van der Waals surface area contributed by atoms with Gasteiger partial charge in [0.25, 0.3) is 0 Å². The Kier molecular flexibility index (Phi) is 4.40. The minimum Gasteiger partial charge on any atom is -0.488 e. The van der Waals surface area contributed by atoms with Crippen LogP contribution in [0.1, 0.15) is 22.3 Å². The minimum absolute atomic E-state index is 0.436. The standard InChI is InChI=1S/C15H17ClN2O/c1-10-5-12(7-17)6-11(2)15(10)19-9-13-3-4-18-8-14(13)16/h3-6,8H,7,9,17H2,1-2H3. The normalized spacial score (nSPS) is 10.5. The molecule has 0 saturated carbocycles. The largest absolute Gasteiger partial charge is 0.488 e. The number of nitrogens with zero attached hydrogens (tertiary/aromatic N) is 1. The van der Waals surface area contributed by atoms with Crippen molar-refractivity contribution < 1.29 is 4.74 Å². The summed E-state index contributed by atoms with van der Waals surface area (Å²) in [5, 5.41) is 0.622. The molecule has 0 bridgehead atoms. The highest BCUT2D eigenvalue weighted by atomic mass is 35.5. The molecule has 19 heavy (non-hydrogen) atoms. The number of pyridine rings is 1. The summed E-state index contributed by atoms with van der Waals surface area (Å²) < 4.78 is 5.88. The SMILES string of the molecule is Cc1cc(CN)cc(C)c1OCc1ccncc1Cl. The monoisotopic (exact) mass is 276 g/mol. The molecule has 0 saturated heterocycles. The van der Waals surface area contributed by atoms with Crippen molar-refractivity contribution in [1.82, 2.24) is 4.98 Å². The Hall–Kier alpha value is -1.58. The van der Waals surface area contributed by atoms with Crippen molar-refractivity contribution in [2.24, 2.45) is 5.73 Å². The Morgan fingerprint density at radius 2 is 1.95 bits per heavy atom. The first-order valence-corrected chi connectivity index (χ1v) is 6.51. The highest BCUT2D eigenvalue weighted by molar-refractivity contribution is 6.31. The van der Waals surface area contributed by atoms with Gasteiger partial charge in [-0.3, -0.25) is 4.98 Å². The first-order chi connectivity index (χ1) is 9.11.